The van der Waals surface area contributed by atoms with Crippen molar-refractivity contribution in [2.24, 2.45) is 4.99 Å². The van der Waals surface area contributed by atoms with E-state index in [1.165, 1.54) is 12.1 Å². The molecule has 5 nitrogen and oxygen atoms in total. The molecule has 132 valence electrons. The molecule has 23 heavy (non-hydrogen) atoms. The normalized spacial score (nSPS) is 11.1. The van der Waals surface area contributed by atoms with Crippen LogP contribution in [-0.4, -0.2) is 39.4 Å². The van der Waals surface area contributed by atoms with Gasteiger partial charge in [-0.05, 0) is 25.1 Å². The maximum absolute atomic E-state index is 12.4. The molecular weight excluding hydrogens is 443 g/mol. The number of nitrogens with zero attached hydrogens (tertiary/aromatic N) is 1. The molecule has 2 N–H and O–H groups in total. The van der Waals surface area contributed by atoms with E-state index < -0.39 is 6.61 Å². The van der Waals surface area contributed by atoms with E-state index in [0.29, 0.717) is 36.3 Å². The molecule has 0 aliphatic heterocycles. The van der Waals surface area contributed by atoms with Crippen molar-refractivity contribution < 1.29 is 18.3 Å². The summed E-state index contributed by atoms with van der Waals surface area (Å²) in [6, 6.07) is 4.48. The molecule has 1 aromatic rings. The van der Waals surface area contributed by atoms with Crippen molar-refractivity contribution in [1.82, 2.24) is 10.6 Å². The lowest BCUT2D eigenvalue weighted by atomic mass is 10.2. The van der Waals surface area contributed by atoms with Crippen molar-refractivity contribution in [2.45, 2.75) is 20.1 Å². The summed E-state index contributed by atoms with van der Waals surface area (Å²) in [5, 5.41) is 6.49. The van der Waals surface area contributed by atoms with E-state index in [1.54, 1.807) is 13.1 Å². The Morgan fingerprint density at radius 1 is 1.35 bits per heavy atom. The van der Waals surface area contributed by atoms with Crippen LogP contribution in [0.3, 0.4) is 0 Å². The summed E-state index contributed by atoms with van der Waals surface area (Å²) in [5.41, 5.74) is 0.514. The van der Waals surface area contributed by atoms with Crippen LogP contribution in [0, 0.1) is 0 Å². The molecule has 0 fully saturated rings. The first kappa shape index (κ1) is 22.1. The van der Waals surface area contributed by atoms with Crippen LogP contribution in [0.25, 0.3) is 0 Å². The van der Waals surface area contributed by atoms with Crippen molar-refractivity contribution in [2.75, 3.05) is 26.8 Å². The molecule has 0 aromatic heterocycles. The molecule has 0 aliphatic carbocycles. The zero-order valence-corrected chi connectivity index (χ0v) is 16.0. The predicted molar refractivity (Wildman–Crippen MR) is 98.2 cm³/mol. The summed E-state index contributed by atoms with van der Waals surface area (Å²) in [7, 11) is 1.62. The van der Waals surface area contributed by atoms with Crippen LogP contribution in [0.4, 0.5) is 8.78 Å². The third kappa shape index (κ3) is 9.11. The summed E-state index contributed by atoms with van der Waals surface area (Å²) in [6.07, 6.45) is 0. The van der Waals surface area contributed by atoms with Gasteiger partial charge in [-0.25, -0.2) is 0 Å². The summed E-state index contributed by atoms with van der Waals surface area (Å²) in [5.74, 6) is 0.611. The Hall–Kier alpha value is -0.870. The third-order valence-electron chi connectivity index (χ3n) is 2.65. The van der Waals surface area contributed by atoms with Gasteiger partial charge in [0.15, 0.2) is 5.96 Å². The number of ether oxygens (including phenoxy) is 2. The average molecular weight is 464 g/mol. The van der Waals surface area contributed by atoms with Crippen LogP contribution in [0.5, 0.6) is 5.75 Å². The van der Waals surface area contributed by atoms with Crippen LogP contribution < -0.4 is 15.4 Å². The highest BCUT2D eigenvalue weighted by Gasteiger charge is 2.10. The monoisotopic (exact) mass is 463 g/mol. The largest absolute Gasteiger partial charge is 0.434 e. The first-order valence-corrected chi connectivity index (χ1v) is 7.20. The Morgan fingerprint density at radius 3 is 2.70 bits per heavy atom. The lowest BCUT2D eigenvalue weighted by molar-refractivity contribution is -0.0504. The summed E-state index contributed by atoms with van der Waals surface area (Å²) in [6.45, 7) is 1.05. The minimum atomic E-state index is -2.89. The number of benzene rings is 1. The van der Waals surface area contributed by atoms with Crippen LogP contribution in [-0.2, 0) is 11.3 Å². The van der Waals surface area contributed by atoms with E-state index >= 15 is 0 Å². The van der Waals surface area contributed by atoms with Crippen LogP contribution >= 0.6 is 35.6 Å². The number of halogens is 4. The highest BCUT2D eigenvalue weighted by atomic mass is 127. The van der Waals surface area contributed by atoms with Gasteiger partial charge in [-0.2, -0.15) is 8.78 Å². The van der Waals surface area contributed by atoms with Gasteiger partial charge in [0.1, 0.15) is 5.75 Å². The molecule has 0 saturated carbocycles. The van der Waals surface area contributed by atoms with Gasteiger partial charge >= 0.3 is 6.61 Å². The first-order valence-electron chi connectivity index (χ1n) is 6.82. The van der Waals surface area contributed by atoms with Gasteiger partial charge in [-0.3, -0.25) is 4.99 Å². The second-order valence-electron chi connectivity index (χ2n) is 4.18. The third-order valence-corrected chi connectivity index (χ3v) is 2.89. The highest BCUT2D eigenvalue weighted by Crippen LogP contribution is 2.24. The number of rotatable bonds is 8. The number of guanidine groups is 1. The predicted octanol–water partition coefficient (Wildman–Crippen LogP) is 3.26. The molecule has 0 radical (unpaired) electrons. The van der Waals surface area contributed by atoms with Crippen molar-refractivity contribution >= 4 is 41.5 Å². The molecule has 0 heterocycles. The molecule has 0 spiro atoms. The van der Waals surface area contributed by atoms with Crippen LogP contribution in [0.2, 0.25) is 5.02 Å². The molecule has 0 saturated heterocycles. The van der Waals surface area contributed by atoms with E-state index in [2.05, 4.69) is 20.4 Å². The zero-order valence-electron chi connectivity index (χ0n) is 12.9. The van der Waals surface area contributed by atoms with Gasteiger partial charge in [-0.15, -0.1) is 24.0 Å². The highest BCUT2D eigenvalue weighted by molar-refractivity contribution is 14.0. The Balaban J connectivity index is 0.00000484. The Morgan fingerprint density at radius 2 is 2.09 bits per heavy atom. The topological polar surface area (TPSA) is 54.9 Å². The summed E-state index contributed by atoms with van der Waals surface area (Å²) >= 11 is 5.89. The molecule has 0 aliphatic rings. The van der Waals surface area contributed by atoms with Crippen molar-refractivity contribution in [3.05, 3.63) is 28.8 Å². The molecule has 0 unspecified atom stereocenters. The summed E-state index contributed by atoms with van der Waals surface area (Å²) in [4.78, 5) is 4.03. The van der Waals surface area contributed by atoms with Crippen molar-refractivity contribution in [3.8, 4) is 5.75 Å². The quantitative estimate of drug-likeness (QED) is 0.269. The van der Waals surface area contributed by atoms with Gasteiger partial charge < -0.3 is 20.1 Å². The fraction of sp³-hybridized carbons (Fsp3) is 0.500. The number of alkyl halides is 2. The number of aliphatic imine (C=N–C) groups is 1. The molecule has 0 atom stereocenters. The van der Waals surface area contributed by atoms with Crippen molar-refractivity contribution in [3.63, 3.8) is 0 Å². The fourth-order valence-electron chi connectivity index (χ4n) is 1.68. The average Bonchev–Trinajstić information content (AvgIpc) is 2.48. The Labute approximate surface area is 156 Å². The zero-order chi connectivity index (χ0) is 16.4. The molecule has 0 bridgehead atoms. The maximum Gasteiger partial charge on any atom is 0.387 e. The number of nitrogens with one attached hydrogen (secondary N) is 2. The lowest BCUT2D eigenvalue weighted by Gasteiger charge is -2.14. The van der Waals surface area contributed by atoms with Gasteiger partial charge in [0.05, 0.1) is 6.61 Å². The standard InChI is InChI=1S/C14H20ClF2N3O2.HI/c1-3-21-7-6-19-14(18-2)20-9-10-8-11(15)4-5-12(10)22-13(16)17;/h4-5,8,13H,3,6-7,9H2,1-2H3,(H2,18,19,20);1H. The van der Waals surface area contributed by atoms with E-state index in [9.17, 15) is 8.78 Å². The second kappa shape index (κ2) is 12.5. The SMILES string of the molecule is CCOCCNC(=NC)NCc1cc(Cl)ccc1OC(F)F.I. The smallest absolute Gasteiger partial charge is 0.387 e. The Kier molecular flexibility index (Phi) is 12.1. The van der Waals surface area contributed by atoms with E-state index in [1.807, 2.05) is 6.92 Å². The van der Waals surface area contributed by atoms with Gasteiger partial charge in [0.2, 0.25) is 0 Å². The lowest BCUT2D eigenvalue weighted by Crippen LogP contribution is -2.38. The molecule has 1 rings (SSSR count). The van der Waals surface area contributed by atoms with E-state index in [4.69, 9.17) is 16.3 Å². The molecular formula is C14H21ClF2IN3O2. The van der Waals surface area contributed by atoms with Crippen LogP contribution in [0.1, 0.15) is 12.5 Å². The van der Waals surface area contributed by atoms with Gasteiger partial charge in [0, 0.05) is 37.3 Å². The molecule has 1 aromatic carbocycles. The van der Waals surface area contributed by atoms with Crippen molar-refractivity contribution in [1.29, 1.82) is 0 Å². The number of hydrogen-bond donors (Lipinski definition) is 2. The first-order chi connectivity index (χ1) is 10.6. The van der Waals surface area contributed by atoms with Crippen LogP contribution in [0.15, 0.2) is 23.2 Å². The minimum absolute atomic E-state index is 0. The minimum Gasteiger partial charge on any atom is -0.434 e. The van der Waals surface area contributed by atoms with E-state index in [-0.39, 0.29) is 36.3 Å². The second-order valence-corrected chi connectivity index (χ2v) is 4.62. The molecule has 9 heteroatoms. The summed E-state index contributed by atoms with van der Waals surface area (Å²) < 4.78 is 34.4. The Bertz CT molecular complexity index is 493. The van der Waals surface area contributed by atoms with Gasteiger partial charge in [0.25, 0.3) is 0 Å². The molecule has 0 amide bonds. The fourth-order valence-corrected chi connectivity index (χ4v) is 1.88. The maximum atomic E-state index is 12.4. The number of hydrogen-bond acceptors (Lipinski definition) is 3. The van der Waals surface area contributed by atoms with Gasteiger partial charge in [-0.1, -0.05) is 11.6 Å². The van der Waals surface area contributed by atoms with E-state index in [0.717, 1.165) is 0 Å².